The molecule has 0 saturated heterocycles. The van der Waals surface area contributed by atoms with Gasteiger partial charge in [0.1, 0.15) is 5.69 Å². The van der Waals surface area contributed by atoms with Crippen molar-refractivity contribution in [3.63, 3.8) is 0 Å². The fraction of sp³-hybridized carbons (Fsp3) is 0.308. The molecule has 0 radical (unpaired) electrons. The molecule has 1 aromatic carbocycles. The molecule has 6 heteroatoms. The van der Waals surface area contributed by atoms with Crippen LogP contribution < -0.4 is 5.73 Å². The lowest BCUT2D eigenvalue weighted by Crippen LogP contribution is -2.11. The van der Waals surface area contributed by atoms with Gasteiger partial charge in [-0.2, -0.15) is 0 Å². The number of nitrogens with two attached hydrogens (primary N) is 1. The first-order valence-corrected chi connectivity index (χ1v) is 6.00. The number of aliphatic hydroxyl groups excluding tert-OH is 1. The van der Waals surface area contributed by atoms with Gasteiger partial charge in [0.05, 0.1) is 18.0 Å². The molecule has 0 bridgehead atoms. The number of amides is 1. The Bertz CT molecular complexity index is 587. The van der Waals surface area contributed by atoms with Crippen molar-refractivity contribution in [3.8, 4) is 5.69 Å². The summed E-state index contributed by atoms with van der Waals surface area (Å²) < 4.78 is 1.67. The van der Waals surface area contributed by atoms with Crippen molar-refractivity contribution in [2.24, 2.45) is 5.73 Å². The molecule has 0 aliphatic rings. The maximum atomic E-state index is 11.0. The Hall–Kier alpha value is -2.21. The number of nitrogens with zero attached hydrogens (tertiary/aromatic N) is 3. The molecule has 19 heavy (non-hydrogen) atoms. The molecule has 1 amide bonds. The lowest BCUT2D eigenvalue weighted by Gasteiger charge is -2.10. The Morgan fingerprint density at radius 3 is 2.47 bits per heavy atom. The zero-order valence-electron chi connectivity index (χ0n) is 10.9. The molecule has 0 fully saturated rings. The first-order valence-electron chi connectivity index (χ1n) is 6.00. The topological polar surface area (TPSA) is 94.0 Å². The van der Waals surface area contributed by atoms with Crippen molar-refractivity contribution >= 4 is 5.91 Å². The number of primary amides is 1. The van der Waals surface area contributed by atoms with Crippen LogP contribution in [0.1, 0.15) is 41.5 Å². The van der Waals surface area contributed by atoms with Gasteiger partial charge in [0.15, 0.2) is 0 Å². The van der Waals surface area contributed by atoms with Gasteiger partial charge in [-0.25, -0.2) is 4.68 Å². The average Bonchev–Trinajstić information content (AvgIpc) is 2.82. The predicted molar refractivity (Wildman–Crippen MR) is 69.9 cm³/mol. The second kappa shape index (κ2) is 5.19. The summed E-state index contributed by atoms with van der Waals surface area (Å²) in [6.45, 7) is 3.87. The van der Waals surface area contributed by atoms with Gasteiger partial charge in [-0.3, -0.25) is 4.79 Å². The van der Waals surface area contributed by atoms with Crippen molar-refractivity contribution in [1.29, 1.82) is 0 Å². The number of hydrogen-bond donors (Lipinski definition) is 2. The van der Waals surface area contributed by atoms with Crippen molar-refractivity contribution in [2.75, 3.05) is 0 Å². The summed E-state index contributed by atoms with van der Waals surface area (Å²) in [5.74, 6) is -0.293. The van der Waals surface area contributed by atoms with Crippen LogP contribution in [-0.4, -0.2) is 26.0 Å². The Balaban J connectivity index is 2.47. The van der Waals surface area contributed by atoms with Crippen LogP contribution in [0.4, 0.5) is 0 Å². The van der Waals surface area contributed by atoms with Gasteiger partial charge < -0.3 is 10.8 Å². The third-order valence-corrected chi connectivity index (χ3v) is 2.87. The summed E-state index contributed by atoms with van der Waals surface area (Å²) in [6, 6.07) is 6.79. The minimum atomic E-state index is -0.467. The zero-order chi connectivity index (χ0) is 14.0. The number of hydrogen-bond acceptors (Lipinski definition) is 4. The molecule has 1 heterocycles. The minimum absolute atomic E-state index is 0.146. The normalized spacial score (nSPS) is 10.9. The highest BCUT2D eigenvalue weighted by Crippen LogP contribution is 2.21. The molecule has 2 rings (SSSR count). The van der Waals surface area contributed by atoms with E-state index in [2.05, 4.69) is 10.3 Å². The first kappa shape index (κ1) is 13.2. The Morgan fingerprint density at radius 1 is 1.37 bits per heavy atom. The summed E-state index contributed by atoms with van der Waals surface area (Å²) in [6.07, 6.45) is 0. The van der Waals surface area contributed by atoms with E-state index in [1.165, 1.54) is 0 Å². The van der Waals surface area contributed by atoms with E-state index in [4.69, 9.17) is 5.73 Å². The van der Waals surface area contributed by atoms with Gasteiger partial charge in [0.2, 0.25) is 5.91 Å². The number of carbonyl (C=O) groups excluding carboxylic acids is 1. The lowest BCUT2D eigenvalue weighted by atomic mass is 10.1. The van der Waals surface area contributed by atoms with Gasteiger partial charge in [0, 0.05) is 5.56 Å². The van der Waals surface area contributed by atoms with Crippen molar-refractivity contribution in [3.05, 3.63) is 41.2 Å². The van der Waals surface area contributed by atoms with Gasteiger partial charge in [-0.15, -0.1) is 5.10 Å². The zero-order valence-corrected chi connectivity index (χ0v) is 10.9. The third-order valence-electron chi connectivity index (χ3n) is 2.87. The summed E-state index contributed by atoms with van der Waals surface area (Å²) in [5, 5.41) is 17.3. The Kier molecular flexibility index (Phi) is 3.62. The molecule has 0 unspecified atom stereocenters. The van der Waals surface area contributed by atoms with Gasteiger partial charge in [-0.1, -0.05) is 19.1 Å². The van der Waals surface area contributed by atoms with Crippen LogP contribution in [0.5, 0.6) is 0 Å². The van der Waals surface area contributed by atoms with E-state index in [0.29, 0.717) is 11.3 Å². The van der Waals surface area contributed by atoms with E-state index in [9.17, 15) is 9.90 Å². The molecule has 6 nitrogen and oxygen atoms in total. The Labute approximate surface area is 110 Å². The van der Waals surface area contributed by atoms with Crippen LogP contribution in [0.25, 0.3) is 5.69 Å². The molecule has 0 atom stereocenters. The predicted octanol–water partition coefficient (Wildman–Crippen LogP) is 0.982. The fourth-order valence-corrected chi connectivity index (χ4v) is 1.97. The summed E-state index contributed by atoms with van der Waals surface area (Å²) >= 11 is 0. The monoisotopic (exact) mass is 260 g/mol. The fourth-order valence-electron chi connectivity index (χ4n) is 1.97. The highest BCUT2D eigenvalue weighted by molar-refractivity contribution is 5.92. The van der Waals surface area contributed by atoms with Crippen molar-refractivity contribution < 1.29 is 9.90 Å². The van der Waals surface area contributed by atoms with Gasteiger partial charge in [-0.05, 0) is 30.2 Å². The van der Waals surface area contributed by atoms with Crippen LogP contribution in [0.15, 0.2) is 24.3 Å². The SMILES string of the molecule is CC(C)c1c(CO)nnn1-c1ccc(C(N)=O)cc1. The summed E-state index contributed by atoms with van der Waals surface area (Å²) in [7, 11) is 0. The van der Waals surface area contributed by atoms with Crippen LogP contribution >= 0.6 is 0 Å². The molecule has 100 valence electrons. The number of carbonyl (C=O) groups is 1. The molecule has 2 aromatic rings. The van der Waals surface area contributed by atoms with Crippen LogP contribution in [0, 0.1) is 0 Å². The lowest BCUT2D eigenvalue weighted by molar-refractivity contribution is 0.100. The number of benzene rings is 1. The van der Waals surface area contributed by atoms with Crippen molar-refractivity contribution in [1.82, 2.24) is 15.0 Å². The summed E-state index contributed by atoms with van der Waals surface area (Å²) in [4.78, 5) is 11.0. The molecule has 3 N–H and O–H groups in total. The van der Waals surface area contributed by atoms with E-state index in [1.807, 2.05) is 13.8 Å². The van der Waals surface area contributed by atoms with Gasteiger partial charge >= 0.3 is 0 Å². The first-order chi connectivity index (χ1) is 9.04. The highest BCUT2D eigenvalue weighted by atomic mass is 16.3. The standard InChI is InChI=1S/C13H16N4O2/c1-8(2)12-11(7-18)15-16-17(12)10-5-3-9(4-6-10)13(14)19/h3-6,8,18H,7H2,1-2H3,(H2,14,19). The molecule has 0 aliphatic carbocycles. The molecule has 0 spiro atoms. The smallest absolute Gasteiger partial charge is 0.248 e. The number of aliphatic hydroxyl groups is 1. The maximum absolute atomic E-state index is 11.0. The minimum Gasteiger partial charge on any atom is -0.390 e. The second-order valence-electron chi connectivity index (χ2n) is 4.56. The second-order valence-corrected chi connectivity index (χ2v) is 4.56. The van der Waals surface area contributed by atoms with Crippen molar-refractivity contribution in [2.45, 2.75) is 26.4 Å². The maximum Gasteiger partial charge on any atom is 0.248 e. The largest absolute Gasteiger partial charge is 0.390 e. The Morgan fingerprint density at radius 2 is 2.00 bits per heavy atom. The average molecular weight is 260 g/mol. The molecule has 0 saturated carbocycles. The van der Waals surface area contributed by atoms with E-state index >= 15 is 0 Å². The quantitative estimate of drug-likeness (QED) is 0.856. The van der Waals surface area contributed by atoms with E-state index in [1.54, 1.807) is 28.9 Å². The van der Waals surface area contributed by atoms with Gasteiger partial charge in [0.25, 0.3) is 0 Å². The third kappa shape index (κ3) is 2.48. The number of rotatable bonds is 4. The van der Waals surface area contributed by atoms with E-state index in [-0.39, 0.29) is 12.5 Å². The number of aromatic nitrogens is 3. The highest BCUT2D eigenvalue weighted by Gasteiger charge is 2.16. The molecule has 0 aliphatic heterocycles. The summed E-state index contributed by atoms with van der Waals surface area (Å²) in [5.41, 5.74) is 7.84. The van der Waals surface area contributed by atoms with E-state index in [0.717, 1.165) is 11.4 Å². The van der Waals surface area contributed by atoms with Crippen LogP contribution in [0.3, 0.4) is 0 Å². The molecular weight excluding hydrogens is 244 g/mol. The van der Waals surface area contributed by atoms with Crippen LogP contribution in [0.2, 0.25) is 0 Å². The molecule has 1 aromatic heterocycles. The van der Waals surface area contributed by atoms with E-state index < -0.39 is 5.91 Å². The molecular formula is C13H16N4O2. The van der Waals surface area contributed by atoms with Crippen LogP contribution in [-0.2, 0) is 6.61 Å².